The summed E-state index contributed by atoms with van der Waals surface area (Å²) < 4.78 is 18.9. The molecular formula is C13H16FN3S2. The molecule has 2 rings (SSSR count). The Morgan fingerprint density at radius 2 is 2.26 bits per heavy atom. The van der Waals surface area contributed by atoms with Crippen molar-refractivity contribution < 1.29 is 4.39 Å². The van der Waals surface area contributed by atoms with Crippen molar-refractivity contribution in [2.45, 2.75) is 36.0 Å². The zero-order valence-electron chi connectivity index (χ0n) is 10.9. The molecule has 2 aromatic rings. The SMILES string of the molecule is CCCNCc1c(F)cccc1Sc1nc(C)ns1. The summed E-state index contributed by atoms with van der Waals surface area (Å²) in [6.07, 6.45) is 1.03. The average Bonchev–Trinajstić information content (AvgIpc) is 2.78. The number of rotatable bonds is 6. The maximum absolute atomic E-state index is 13.9. The van der Waals surface area contributed by atoms with Gasteiger partial charge in [0.2, 0.25) is 0 Å². The molecule has 1 aromatic carbocycles. The van der Waals surface area contributed by atoms with E-state index in [-0.39, 0.29) is 5.82 Å². The number of halogens is 1. The topological polar surface area (TPSA) is 37.8 Å². The molecule has 0 radical (unpaired) electrons. The highest BCUT2D eigenvalue weighted by Crippen LogP contribution is 2.32. The molecule has 6 heteroatoms. The van der Waals surface area contributed by atoms with Crippen LogP contribution in [-0.4, -0.2) is 15.9 Å². The molecule has 3 nitrogen and oxygen atoms in total. The van der Waals surface area contributed by atoms with Crippen molar-refractivity contribution in [2.24, 2.45) is 0 Å². The molecular weight excluding hydrogens is 281 g/mol. The van der Waals surface area contributed by atoms with Crippen LogP contribution in [0.5, 0.6) is 0 Å². The lowest BCUT2D eigenvalue weighted by Crippen LogP contribution is -2.15. The van der Waals surface area contributed by atoms with Crippen molar-refractivity contribution in [3.05, 3.63) is 35.4 Å². The lowest BCUT2D eigenvalue weighted by molar-refractivity contribution is 0.578. The van der Waals surface area contributed by atoms with E-state index in [4.69, 9.17) is 0 Å². The van der Waals surface area contributed by atoms with E-state index in [0.29, 0.717) is 12.1 Å². The van der Waals surface area contributed by atoms with Crippen LogP contribution in [0.25, 0.3) is 0 Å². The van der Waals surface area contributed by atoms with Gasteiger partial charge in [-0.2, -0.15) is 4.37 Å². The first-order chi connectivity index (χ1) is 9.20. The summed E-state index contributed by atoms with van der Waals surface area (Å²) in [5, 5.41) is 3.24. The minimum atomic E-state index is -0.171. The Bertz CT molecular complexity index is 542. The number of nitrogens with zero attached hydrogens (tertiary/aromatic N) is 2. The Hall–Kier alpha value is -0.980. The van der Waals surface area contributed by atoms with Crippen LogP contribution in [0.2, 0.25) is 0 Å². The quantitative estimate of drug-likeness (QED) is 0.826. The molecule has 1 aromatic heterocycles. The second kappa shape index (κ2) is 6.98. The second-order valence-corrected chi connectivity index (χ2v) is 6.14. The first-order valence-electron chi connectivity index (χ1n) is 6.17. The smallest absolute Gasteiger partial charge is 0.174 e. The molecule has 0 saturated carbocycles. The molecule has 1 heterocycles. The fourth-order valence-electron chi connectivity index (χ4n) is 1.61. The number of nitrogens with one attached hydrogen (secondary N) is 1. The highest BCUT2D eigenvalue weighted by atomic mass is 32.2. The third kappa shape index (κ3) is 3.99. The van der Waals surface area contributed by atoms with Gasteiger partial charge in [-0.25, -0.2) is 9.37 Å². The molecule has 0 saturated heterocycles. The molecule has 0 atom stereocenters. The number of benzene rings is 1. The van der Waals surface area contributed by atoms with Crippen LogP contribution in [0, 0.1) is 12.7 Å². The van der Waals surface area contributed by atoms with Gasteiger partial charge in [-0.15, -0.1) is 0 Å². The standard InChI is InChI=1S/C13H16FN3S2/c1-3-7-15-8-10-11(14)5-4-6-12(10)18-13-16-9(2)17-19-13/h4-6,15H,3,7-8H2,1-2H3. The number of hydrogen-bond donors (Lipinski definition) is 1. The minimum absolute atomic E-state index is 0.171. The Labute approximate surface area is 120 Å². The Morgan fingerprint density at radius 1 is 1.42 bits per heavy atom. The predicted octanol–water partition coefficient (Wildman–Crippen LogP) is 3.64. The van der Waals surface area contributed by atoms with E-state index in [1.54, 1.807) is 6.07 Å². The Kier molecular flexibility index (Phi) is 5.30. The van der Waals surface area contributed by atoms with Gasteiger partial charge >= 0.3 is 0 Å². The largest absolute Gasteiger partial charge is 0.313 e. The summed E-state index contributed by atoms with van der Waals surface area (Å²) in [7, 11) is 0. The summed E-state index contributed by atoms with van der Waals surface area (Å²) in [6, 6.07) is 5.15. The van der Waals surface area contributed by atoms with Crippen molar-refractivity contribution in [1.82, 2.24) is 14.7 Å². The van der Waals surface area contributed by atoms with Crippen molar-refractivity contribution in [2.75, 3.05) is 6.54 Å². The van der Waals surface area contributed by atoms with Gasteiger partial charge in [0, 0.05) is 17.0 Å². The van der Waals surface area contributed by atoms with E-state index >= 15 is 0 Å². The van der Waals surface area contributed by atoms with Gasteiger partial charge in [-0.1, -0.05) is 24.8 Å². The molecule has 0 aliphatic carbocycles. The maximum atomic E-state index is 13.9. The van der Waals surface area contributed by atoms with E-state index in [1.165, 1.54) is 29.4 Å². The van der Waals surface area contributed by atoms with Gasteiger partial charge in [0.05, 0.1) is 0 Å². The third-order valence-corrected chi connectivity index (χ3v) is 4.46. The monoisotopic (exact) mass is 297 g/mol. The lowest BCUT2D eigenvalue weighted by Gasteiger charge is -2.09. The predicted molar refractivity (Wildman–Crippen MR) is 77.2 cm³/mol. The third-order valence-electron chi connectivity index (χ3n) is 2.51. The van der Waals surface area contributed by atoms with Crippen LogP contribution in [0.3, 0.4) is 0 Å². The summed E-state index contributed by atoms with van der Waals surface area (Å²) in [5.74, 6) is 0.587. The molecule has 0 aliphatic rings. The van der Waals surface area contributed by atoms with Gasteiger partial charge in [-0.05, 0) is 43.6 Å². The van der Waals surface area contributed by atoms with Crippen LogP contribution in [0.15, 0.2) is 27.4 Å². The van der Waals surface area contributed by atoms with Gasteiger partial charge in [0.15, 0.2) is 4.34 Å². The lowest BCUT2D eigenvalue weighted by atomic mass is 10.2. The molecule has 0 fully saturated rings. The molecule has 0 amide bonds. The van der Waals surface area contributed by atoms with E-state index < -0.39 is 0 Å². The average molecular weight is 297 g/mol. The normalized spacial score (nSPS) is 10.9. The van der Waals surface area contributed by atoms with Gasteiger partial charge in [-0.3, -0.25) is 0 Å². The van der Waals surface area contributed by atoms with Crippen LogP contribution in [0.1, 0.15) is 24.7 Å². The fourth-order valence-corrected chi connectivity index (χ4v) is 3.37. The van der Waals surface area contributed by atoms with Crippen LogP contribution in [-0.2, 0) is 6.54 Å². The number of aromatic nitrogens is 2. The van der Waals surface area contributed by atoms with Crippen molar-refractivity contribution >= 4 is 23.3 Å². The van der Waals surface area contributed by atoms with Crippen molar-refractivity contribution in [1.29, 1.82) is 0 Å². The molecule has 0 aliphatic heterocycles. The van der Waals surface area contributed by atoms with Crippen LogP contribution >= 0.6 is 23.3 Å². The van der Waals surface area contributed by atoms with E-state index in [2.05, 4.69) is 21.6 Å². The zero-order valence-corrected chi connectivity index (χ0v) is 12.6. The van der Waals surface area contributed by atoms with E-state index in [0.717, 1.165) is 28.0 Å². The summed E-state index contributed by atoms with van der Waals surface area (Å²) >= 11 is 2.82. The highest BCUT2D eigenvalue weighted by molar-refractivity contribution is 8.01. The summed E-state index contributed by atoms with van der Waals surface area (Å²) in [5.41, 5.74) is 0.703. The maximum Gasteiger partial charge on any atom is 0.174 e. The summed E-state index contributed by atoms with van der Waals surface area (Å²) in [6.45, 7) is 5.38. The number of aryl methyl sites for hydroxylation is 1. The first kappa shape index (κ1) is 14.4. The van der Waals surface area contributed by atoms with Gasteiger partial charge in [0.25, 0.3) is 0 Å². The van der Waals surface area contributed by atoms with E-state index in [1.807, 2.05) is 13.0 Å². The van der Waals surface area contributed by atoms with Crippen LogP contribution in [0.4, 0.5) is 4.39 Å². The molecule has 19 heavy (non-hydrogen) atoms. The molecule has 0 unspecified atom stereocenters. The molecule has 0 bridgehead atoms. The van der Waals surface area contributed by atoms with Crippen molar-refractivity contribution in [3.8, 4) is 0 Å². The van der Waals surface area contributed by atoms with E-state index in [9.17, 15) is 4.39 Å². The van der Waals surface area contributed by atoms with Crippen molar-refractivity contribution in [3.63, 3.8) is 0 Å². The molecule has 1 N–H and O–H groups in total. The minimum Gasteiger partial charge on any atom is -0.313 e. The summed E-state index contributed by atoms with van der Waals surface area (Å²) in [4.78, 5) is 5.20. The number of hydrogen-bond acceptors (Lipinski definition) is 5. The molecule has 0 spiro atoms. The van der Waals surface area contributed by atoms with Gasteiger partial charge < -0.3 is 5.32 Å². The Balaban J connectivity index is 2.16. The second-order valence-electron chi connectivity index (χ2n) is 4.10. The highest BCUT2D eigenvalue weighted by Gasteiger charge is 2.11. The van der Waals surface area contributed by atoms with Crippen LogP contribution < -0.4 is 5.32 Å². The zero-order chi connectivity index (χ0) is 13.7. The fraction of sp³-hybridized carbons (Fsp3) is 0.385. The van der Waals surface area contributed by atoms with Gasteiger partial charge in [0.1, 0.15) is 11.6 Å². The first-order valence-corrected chi connectivity index (χ1v) is 7.76. The molecule has 102 valence electrons. The Morgan fingerprint density at radius 3 is 2.95 bits per heavy atom.